The number of hydrogen-bond donors (Lipinski definition) is 1. The van der Waals surface area contributed by atoms with Crippen molar-refractivity contribution in [3.63, 3.8) is 0 Å². The number of aromatic nitrogens is 1. The van der Waals surface area contributed by atoms with Crippen LogP contribution in [0.5, 0.6) is 5.75 Å². The molecule has 0 spiro atoms. The molecule has 1 amide bonds. The van der Waals surface area contributed by atoms with E-state index in [1.165, 1.54) is 15.5 Å². The predicted octanol–water partition coefficient (Wildman–Crippen LogP) is 3.34. The molecular formula is C19H20N2O3S. The normalized spacial score (nSPS) is 12.1. The highest BCUT2D eigenvalue weighted by Crippen LogP contribution is 2.20. The number of ether oxygens (including phenoxy) is 1. The van der Waals surface area contributed by atoms with Crippen molar-refractivity contribution in [3.8, 4) is 5.75 Å². The summed E-state index contributed by atoms with van der Waals surface area (Å²) in [4.78, 5) is 25.0. The van der Waals surface area contributed by atoms with Crippen LogP contribution in [0, 0.1) is 0 Å². The lowest BCUT2D eigenvalue weighted by atomic mass is 10.2. The second kappa shape index (κ2) is 7.53. The summed E-state index contributed by atoms with van der Waals surface area (Å²) in [7, 11) is 0. The Labute approximate surface area is 150 Å². The van der Waals surface area contributed by atoms with Gasteiger partial charge in [0.15, 0.2) is 0 Å². The highest BCUT2D eigenvalue weighted by Gasteiger charge is 2.19. The molecule has 1 heterocycles. The molecule has 0 fully saturated rings. The first-order valence-electron chi connectivity index (χ1n) is 8.20. The van der Waals surface area contributed by atoms with Gasteiger partial charge >= 0.3 is 0 Å². The highest BCUT2D eigenvalue weighted by molar-refractivity contribution is 7.14. The molecule has 0 saturated heterocycles. The lowest BCUT2D eigenvalue weighted by molar-refractivity contribution is -0.123. The van der Waals surface area contributed by atoms with E-state index in [9.17, 15) is 9.59 Å². The number of hydrogen-bond acceptors (Lipinski definition) is 4. The van der Waals surface area contributed by atoms with Crippen LogP contribution in [-0.4, -0.2) is 16.5 Å². The number of nitrogens with zero attached hydrogens (tertiary/aromatic N) is 1. The van der Waals surface area contributed by atoms with Crippen molar-refractivity contribution in [1.82, 2.24) is 9.27 Å². The summed E-state index contributed by atoms with van der Waals surface area (Å²) in [6, 6.07) is 14.4. The van der Waals surface area contributed by atoms with E-state index in [0.29, 0.717) is 18.5 Å². The van der Waals surface area contributed by atoms with E-state index in [1.54, 1.807) is 13.0 Å². The van der Waals surface area contributed by atoms with Crippen LogP contribution in [0.4, 0.5) is 0 Å². The summed E-state index contributed by atoms with van der Waals surface area (Å²) in [6.07, 6.45) is 0. The Morgan fingerprint density at radius 3 is 2.68 bits per heavy atom. The minimum atomic E-state index is -0.566. The van der Waals surface area contributed by atoms with Gasteiger partial charge in [-0.25, -0.2) is 0 Å². The van der Waals surface area contributed by atoms with E-state index in [4.69, 9.17) is 4.74 Å². The maximum atomic E-state index is 12.5. The van der Waals surface area contributed by atoms with Gasteiger partial charge in [-0.15, -0.1) is 0 Å². The second-order valence-electron chi connectivity index (χ2n) is 5.65. The first kappa shape index (κ1) is 17.2. The number of nitrogens with one attached hydrogen (secondary N) is 1. The topological polar surface area (TPSA) is 60.3 Å². The fourth-order valence-electron chi connectivity index (χ4n) is 2.63. The highest BCUT2D eigenvalue weighted by atomic mass is 32.1. The maximum Gasteiger partial charge on any atom is 0.269 e. The molecular weight excluding hydrogens is 336 g/mol. The molecule has 0 bridgehead atoms. The van der Waals surface area contributed by atoms with E-state index in [-0.39, 0.29) is 11.5 Å². The van der Waals surface area contributed by atoms with Gasteiger partial charge in [-0.05, 0) is 32.0 Å². The zero-order valence-corrected chi connectivity index (χ0v) is 15.0. The average Bonchev–Trinajstić information content (AvgIpc) is 2.97. The molecule has 0 unspecified atom stereocenters. The van der Waals surface area contributed by atoms with Crippen LogP contribution in [0.3, 0.4) is 0 Å². The Morgan fingerprint density at radius 2 is 1.92 bits per heavy atom. The van der Waals surface area contributed by atoms with Crippen molar-refractivity contribution in [2.45, 2.75) is 26.4 Å². The molecule has 3 aromatic rings. The third-order valence-electron chi connectivity index (χ3n) is 3.97. The van der Waals surface area contributed by atoms with Crippen molar-refractivity contribution in [1.29, 1.82) is 0 Å². The number of rotatable bonds is 6. The van der Waals surface area contributed by atoms with Gasteiger partial charge in [-0.2, -0.15) is 0 Å². The van der Waals surface area contributed by atoms with Gasteiger partial charge in [-0.3, -0.25) is 13.5 Å². The van der Waals surface area contributed by atoms with Crippen molar-refractivity contribution in [3.05, 3.63) is 64.4 Å². The first-order valence-corrected chi connectivity index (χ1v) is 8.98. The zero-order valence-electron chi connectivity index (χ0n) is 14.2. The number of para-hydroxylation sites is 1. The van der Waals surface area contributed by atoms with Crippen LogP contribution in [-0.2, 0) is 11.3 Å². The summed E-state index contributed by atoms with van der Waals surface area (Å²) in [5, 5.41) is 3.54. The largest absolute Gasteiger partial charge is 0.494 e. The molecule has 3 rings (SSSR count). The van der Waals surface area contributed by atoms with Crippen LogP contribution in [0.1, 0.15) is 25.5 Å². The van der Waals surface area contributed by atoms with Crippen LogP contribution in [0.2, 0.25) is 0 Å². The molecule has 25 heavy (non-hydrogen) atoms. The fraction of sp³-hybridized carbons (Fsp3) is 0.263. The van der Waals surface area contributed by atoms with Gasteiger partial charge in [0, 0.05) is 12.1 Å². The predicted molar refractivity (Wildman–Crippen MR) is 100 cm³/mol. The molecule has 0 aliphatic heterocycles. The van der Waals surface area contributed by atoms with Gasteiger partial charge in [0.05, 0.1) is 16.7 Å². The maximum absolute atomic E-state index is 12.5. The summed E-state index contributed by atoms with van der Waals surface area (Å²) in [5.41, 5.74) is 0.784. The second-order valence-corrected chi connectivity index (χ2v) is 6.67. The molecule has 1 aromatic heterocycles. The molecule has 0 aliphatic carbocycles. The Morgan fingerprint density at radius 1 is 1.20 bits per heavy atom. The Bertz CT molecular complexity index is 945. The molecule has 0 saturated carbocycles. The van der Waals surface area contributed by atoms with E-state index in [2.05, 4.69) is 5.32 Å². The van der Waals surface area contributed by atoms with Crippen molar-refractivity contribution in [2.75, 3.05) is 6.61 Å². The summed E-state index contributed by atoms with van der Waals surface area (Å²) in [5.74, 6) is 0.567. The van der Waals surface area contributed by atoms with Gasteiger partial charge in [-0.1, -0.05) is 41.9 Å². The van der Waals surface area contributed by atoms with Crippen molar-refractivity contribution in [2.24, 2.45) is 0 Å². The van der Waals surface area contributed by atoms with E-state index in [0.717, 1.165) is 16.0 Å². The first-order chi connectivity index (χ1) is 12.1. The molecule has 0 aliphatic rings. The summed E-state index contributed by atoms with van der Waals surface area (Å²) in [6.45, 7) is 4.59. The SMILES string of the molecule is CCOc1ccccc1CNC(=O)[C@H](C)n1sc2ccccc2c1=O. The van der Waals surface area contributed by atoms with E-state index >= 15 is 0 Å². The van der Waals surface area contributed by atoms with E-state index in [1.807, 2.05) is 49.4 Å². The quantitative estimate of drug-likeness (QED) is 0.737. The van der Waals surface area contributed by atoms with Crippen LogP contribution in [0.15, 0.2) is 53.3 Å². The molecule has 6 heteroatoms. The number of amides is 1. The summed E-state index contributed by atoms with van der Waals surface area (Å²) >= 11 is 1.31. The third-order valence-corrected chi connectivity index (χ3v) is 5.20. The van der Waals surface area contributed by atoms with Crippen molar-refractivity contribution < 1.29 is 9.53 Å². The minimum Gasteiger partial charge on any atom is -0.494 e. The Balaban J connectivity index is 1.75. The standard InChI is InChI=1S/C19H20N2O3S/c1-3-24-16-10-6-4-8-14(16)12-20-18(22)13(2)21-19(23)15-9-5-7-11-17(15)25-21/h4-11,13H,3,12H2,1-2H3,(H,20,22)/t13-/m0/s1. The number of benzene rings is 2. The number of carbonyl (C=O) groups excluding carboxylic acids is 1. The van der Waals surface area contributed by atoms with Gasteiger partial charge in [0.25, 0.3) is 5.56 Å². The molecule has 5 nitrogen and oxygen atoms in total. The minimum absolute atomic E-state index is 0.127. The molecule has 130 valence electrons. The third kappa shape index (κ3) is 3.58. The number of fused-ring (bicyclic) bond motifs is 1. The summed E-state index contributed by atoms with van der Waals surface area (Å²) < 4.78 is 7.97. The lowest BCUT2D eigenvalue weighted by Gasteiger charge is -2.14. The molecule has 0 radical (unpaired) electrons. The fourth-order valence-corrected chi connectivity index (χ4v) is 3.67. The molecule has 1 atom stereocenters. The van der Waals surface area contributed by atoms with Gasteiger partial charge < -0.3 is 10.1 Å². The molecule has 2 aromatic carbocycles. The average molecular weight is 356 g/mol. The Hall–Kier alpha value is -2.60. The van der Waals surface area contributed by atoms with Crippen LogP contribution < -0.4 is 15.6 Å². The van der Waals surface area contributed by atoms with Gasteiger partial charge in [0.1, 0.15) is 11.8 Å². The van der Waals surface area contributed by atoms with Crippen molar-refractivity contribution >= 4 is 27.5 Å². The monoisotopic (exact) mass is 356 g/mol. The zero-order chi connectivity index (χ0) is 17.8. The van der Waals surface area contributed by atoms with Gasteiger partial charge in [0.2, 0.25) is 5.91 Å². The van der Waals surface area contributed by atoms with E-state index < -0.39 is 6.04 Å². The molecule has 1 N–H and O–H groups in total. The lowest BCUT2D eigenvalue weighted by Crippen LogP contribution is -2.33. The smallest absolute Gasteiger partial charge is 0.269 e. The van der Waals surface area contributed by atoms with Crippen LogP contribution in [0.25, 0.3) is 10.1 Å². The number of carbonyl (C=O) groups is 1. The van der Waals surface area contributed by atoms with Crippen LogP contribution >= 0.6 is 11.5 Å². The Kier molecular flexibility index (Phi) is 5.19.